The molecule has 1 aromatic heterocycles. The van der Waals surface area contributed by atoms with Crippen molar-refractivity contribution < 1.29 is 0 Å². The molecule has 0 atom stereocenters. The molecular formula is C10H15N7. The zero-order chi connectivity index (χ0) is 12.5. The van der Waals surface area contributed by atoms with Crippen molar-refractivity contribution in [2.75, 3.05) is 32.1 Å². The van der Waals surface area contributed by atoms with Gasteiger partial charge in [0.1, 0.15) is 5.82 Å². The number of guanidine groups is 1. The third-order valence-electron chi connectivity index (χ3n) is 2.08. The molecule has 0 unspecified atom stereocenters. The summed E-state index contributed by atoms with van der Waals surface area (Å²) in [6.07, 6.45) is 6.79. The average molecular weight is 233 g/mol. The summed E-state index contributed by atoms with van der Waals surface area (Å²) in [6, 6.07) is 0. The Morgan fingerprint density at radius 1 is 1.59 bits per heavy atom. The van der Waals surface area contributed by atoms with Crippen molar-refractivity contribution in [3.8, 4) is 6.19 Å². The van der Waals surface area contributed by atoms with E-state index in [-0.39, 0.29) is 0 Å². The second-order valence-corrected chi connectivity index (χ2v) is 3.22. The van der Waals surface area contributed by atoms with Gasteiger partial charge in [-0.15, -0.1) is 0 Å². The summed E-state index contributed by atoms with van der Waals surface area (Å²) in [5.41, 5.74) is 0. The van der Waals surface area contributed by atoms with Crippen LogP contribution in [0.1, 0.15) is 0 Å². The smallest absolute Gasteiger partial charge is 0.204 e. The van der Waals surface area contributed by atoms with Gasteiger partial charge in [-0.1, -0.05) is 0 Å². The number of hydrogen-bond donors (Lipinski definition) is 2. The van der Waals surface area contributed by atoms with E-state index in [9.17, 15) is 0 Å². The molecule has 0 amide bonds. The minimum Gasteiger partial charge on any atom is -0.357 e. The maximum atomic E-state index is 8.44. The Bertz CT molecular complexity index is 395. The van der Waals surface area contributed by atoms with Gasteiger partial charge in [-0.25, -0.2) is 4.98 Å². The van der Waals surface area contributed by atoms with Gasteiger partial charge >= 0.3 is 0 Å². The van der Waals surface area contributed by atoms with Crippen LogP contribution in [0.5, 0.6) is 0 Å². The normalized spacial score (nSPS) is 10.5. The second kappa shape index (κ2) is 7.00. The number of aromatic nitrogens is 2. The maximum Gasteiger partial charge on any atom is 0.204 e. The zero-order valence-corrected chi connectivity index (χ0v) is 9.88. The molecule has 2 N–H and O–H groups in total. The molecule has 1 heterocycles. The van der Waals surface area contributed by atoms with Crippen molar-refractivity contribution >= 4 is 11.8 Å². The Hall–Kier alpha value is -2.36. The van der Waals surface area contributed by atoms with Crippen LogP contribution < -0.4 is 15.5 Å². The fraction of sp³-hybridized carbons (Fsp3) is 0.400. The quantitative estimate of drug-likeness (QED) is 0.317. The van der Waals surface area contributed by atoms with Crippen LogP contribution in [0.15, 0.2) is 23.6 Å². The first-order valence-electron chi connectivity index (χ1n) is 5.11. The summed E-state index contributed by atoms with van der Waals surface area (Å²) in [7, 11) is 3.53. The SMILES string of the molecule is CN=C(NC#N)NCCN(C)c1cnccn1. The predicted molar refractivity (Wildman–Crippen MR) is 65.4 cm³/mol. The molecule has 90 valence electrons. The van der Waals surface area contributed by atoms with Crippen molar-refractivity contribution in [3.05, 3.63) is 18.6 Å². The van der Waals surface area contributed by atoms with Crippen LogP contribution in [0.2, 0.25) is 0 Å². The summed E-state index contributed by atoms with van der Waals surface area (Å²) in [5, 5.41) is 13.9. The summed E-state index contributed by atoms with van der Waals surface area (Å²) >= 11 is 0. The molecular weight excluding hydrogens is 218 g/mol. The van der Waals surface area contributed by atoms with E-state index in [4.69, 9.17) is 5.26 Å². The highest BCUT2D eigenvalue weighted by atomic mass is 15.2. The predicted octanol–water partition coefficient (Wildman–Crippen LogP) is -0.441. The van der Waals surface area contributed by atoms with Gasteiger partial charge in [-0.3, -0.25) is 15.3 Å². The fourth-order valence-corrected chi connectivity index (χ4v) is 1.18. The van der Waals surface area contributed by atoms with E-state index < -0.39 is 0 Å². The van der Waals surface area contributed by atoms with Gasteiger partial charge < -0.3 is 10.2 Å². The summed E-state index contributed by atoms with van der Waals surface area (Å²) < 4.78 is 0. The molecule has 0 aliphatic carbocycles. The third kappa shape index (κ3) is 4.34. The topological polar surface area (TPSA) is 89.2 Å². The first kappa shape index (κ1) is 12.7. The van der Waals surface area contributed by atoms with E-state index in [1.807, 2.05) is 18.1 Å². The van der Waals surface area contributed by atoms with Gasteiger partial charge in [-0.2, -0.15) is 5.26 Å². The molecule has 0 bridgehead atoms. The van der Waals surface area contributed by atoms with Gasteiger partial charge in [0.2, 0.25) is 5.96 Å². The Balaban J connectivity index is 2.35. The molecule has 1 rings (SSSR count). The lowest BCUT2D eigenvalue weighted by Crippen LogP contribution is -2.39. The van der Waals surface area contributed by atoms with Gasteiger partial charge in [0.15, 0.2) is 6.19 Å². The minimum atomic E-state index is 0.458. The molecule has 0 aromatic carbocycles. The molecule has 0 fully saturated rings. The highest BCUT2D eigenvalue weighted by Gasteiger charge is 2.01. The van der Waals surface area contributed by atoms with Crippen LogP contribution >= 0.6 is 0 Å². The third-order valence-corrected chi connectivity index (χ3v) is 2.08. The largest absolute Gasteiger partial charge is 0.357 e. The second-order valence-electron chi connectivity index (χ2n) is 3.22. The Morgan fingerprint density at radius 2 is 2.41 bits per heavy atom. The number of nitrogens with zero attached hydrogens (tertiary/aromatic N) is 5. The highest BCUT2D eigenvalue weighted by Crippen LogP contribution is 2.02. The summed E-state index contributed by atoms with van der Waals surface area (Å²) in [5.74, 6) is 1.26. The fourth-order valence-electron chi connectivity index (χ4n) is 1.18. The van der Waals surface area contributed by atoms with Crippen molar-refractivity contribution in [1.29, 1.82) is 5.26 Å². The van der Waals surface area contributed by atoms with Crippen molar-refractivity contribution in [2.45, 2.75) is 0 Å². The van der Waals surface area contributed by atoms with Crippen molar-refractivity contribution in [3.63, 3.8) is 0 Å². The lowest BCUT2D eigenvalue weighted by atomic mass is 10.5. The van der Waals surface area contributed by atoms with E-state index in [1.54, 1.807) is 25.6 Å². The lowest BCUT2D eigenvalue weighted by molar-refractivity contribution is 0.797. The number of rotatable bonds is 4. The zero-order valence-electron chi connectivity index (χ0n) is 9.88. The van der Waals surface area contributed by atoms with E-state index in [2.05, 4.69) is 25.6 Å². The van der Waals surface area contributed by atoms with Crippen LogP contribution in [0, 0.1) is 11.5 Å². The molecule has 0 radical (unpaired) electrons. The Kier molecular flexibility index (Phi) is 5.24. The minimum absolute atomic E-state index is 0.458. The highest BCUT2D eigenvalue weighted by molar-refractivity contribution is 5.80. The van der Waals surface area contributed by atoms with Crippen LogP contribution in [0.3, 0.4) is 0 Å². The molecule has 0 saturated heterocycles. The van der Waals surface area contributed by atoms with Crippen molar-refractivity contribution in [2.24, 2.45) is 4.99 Å². The van der Waals surface area contributed by atoms with Crippen LogP contribution in [-0.4, -0.2) is 43.1 Å². The molecule has 0 saturated carbocycles. The van der Waals surface area contributed by atoms with E-state index in [1.165, 1.54) is 0 Å². The monoisotopic (exact) mass is 233 g/mol. The van der Waals surface area contributed by atoms with E-state index in [0.29, 0.717) is 12.5 Å². The van der Waals surface area contributed by atoms with Crippen LogP contribution in [-0.2, 0) is 0 Å². The summed E-state index contributed by atoms with van der Waals surface area (Å²) in [6.45, 7) is 1.37. The number of hydrogen-bond acceptors (Lipinski definition) is 5. The molecule has 0 aliphatic rings. The molecule has 7 nitrogen and oxygen atoms in total. The first-order chi connectivity index (χ1) is 8.27. The van der Waals surface area contributed by atoms with E-state index in [0.717, 1.165) is 12.4 Å². The van der Waals surface area contributed by atoms with Gasteiger partial charge in [-0.05, 0) is 0 Å². The first-order valence-corrected chi connectivity index (χ1v) is 5.11. The van der Waals surface area contributed by atoms with Crippen molar-refractivity contribution in [1.82, 2.24) is 20.6 Å². The average Bonchev–Trinajstić information content (AvgIpc) is 2.38. The number of nitrogens with one attached hydrogen (secondary N) is 2. The standard InChI is InChI=1S/C10H15N7/c1-12-10(16-8-11)15-5-6-17(2)9-7-13-3-4-14-9/h3-4,7H,5-6H2,1-2H3,(H2,12,15,16). The number of aliphatic imine (C=N–C) groups is 1. The summed E-state index contributed by atoms with van der Waals surface area (Å²) in [4.78, 5) is 14.0. The lowest BCUT2D eigenvalue weighted by Gasteiger charge is -2.17. The van der Waals surface area contributed by atoms with Gasteiger partial charge in [0.25, 0.3) is 0 Å². The number of anilines is 1. The molecule has 7 heteroatoms. The van der Waals surface area contributed by atoms with Crippen LogP contribution in [0.4, 0.5) is 5.82 Å². The molecule has 0 aliphatic heterocycles. The Labute approximate surface area is 100 Å². The maximum absolute atomic E-state index is 8.44. The van der Waals surface area contributed by atoms with Crippen LogP contribution in [0.25, 0.3) is 0 Å². The van der Waals surface area contributed by atoms with E-state index >= 15 is 0 Å². The molecule has 17 heavy (non-hydrogen) atoms. The Morgan fingerprint density at radius 3 is 3.00 bits per heavy atom. The number of nitriles is 1. The molecule has 1 aromatic rings. The van der Waals surface area contributed by atoms with Gasteiger partial charge in [0, 0.05) is 39.6 Å². The molecule has 0 spiro atoms. The number of likely N-dealkylation sites (N-methyl/N-ethyl adjacent to an activating group) is 1. The van der Waals surface area contributed by atoms with Gasteiger partial charge in [0.05, 0.1) is 6.20 Å².